The molecule has 0 aliphatic heterocycles. The predicted octanol–water partition coefficient (Wildman–Crippen LogP) is 3.47. The van der Waals surface area contributed by atoms with Crippen molar-refractivity contribution in [3.63, 3.8) is 0 Å². The zero-order valence-electron chi connectivity index (χ0n) is 14.4. The summed E-state index contributed by atoms with van der Waals surface area (Å²) in [7, 11) is -2.51. The van der Waals surface area contributed by atoms with Gasteiger partial charge < -0.3 is 4.43 Å². The van der Waals surface area contributed by atoms with Gasteiger partial charge in [0.15, 0.2) is 0 Å². The lowest BCUT2D eigenvalue weighted by Crippen LogP contribution is -2.70. The molecule has 3 aromatic carbocycles. The van der Waals surface area contributed by atoms with Crippen LogP contribution in [0.5, 0.6) is 0 Å². The molecule has 2 heteroatoms. The molecule has 0 aliphatic rings. The van der Waals surface area contributed by atoms with Crippen molar-refractivity contribution in [2.24, 2.45) is 0 Å². The first-order valence-electron chi connectivity index (χ1n) is 8.61. The van der Waals surface area contributed by atoms with Gasteiger partial charge in [0.25, 0.3) is 8.32 Å². The quantitative estimate of drug-likeness (QED) is 0.496. The maximum absolute atomic E-state index is 6.88. The lowest BCUT2D eigenvalue weighted by Gasteiger charge is -2.35. The van der Waals surface area contributed by atoms with Gasteiger partial charge in [0, 0.05) is 6.10 Å². The fourth-order valence-corrected chi connectivity index (χ4v) is 7.27. The van der Waals surface area contributed by atoms with Crippen molar-refractivity contribution in [1.82, 2.24) is 0 Å². The van der Waals surface area contributed by atoms with Crippen LogP contribution >= 0.6 is 0 Å². The second-order valence-corrected chi connectivity index (χ2v) is 9.45. The Labute approximate surface area is 146 Å². The smallest absolute Gasteiger partial charge is 0.288 e. The first-order valence-corrected chi connectivity index (χ1v) is 10.5. The third-order valence-electron chi connectivity index (χ3n) is 4.49. The molecule has 0 spiro atoms. The van der Waals surface area contributed by atoms with Crippen molar-refractivity contribution < 1.29 is 4.43 Å². The fourth-order valence-electron chi connectivity index (χ4n) is 3.11. The molecule has 1 nitrogen and oxygen atoms in total. The molecule has 1 unspecified atom stereocenters. The van der Waals surface area contributed by atoms with Crippen LogP contribution in [0.1, 0.15) is 20.3 Å². The minimum Gasteiger partial charge on any atom is -0.402 e. The van der Waals surface area contributed by atoms with Gasteiger partial charge in [-0.15, -0.1) is 0 Å². The molecule has 0 saturated heterocycles. The van der Waals surface area contributed by atoms with E-state index in [0.29, 0.717) is 0 Å². The molecule has 0 N–H and O–H groups in total. The number of hydrogen-bond acceptors (Lipinski definition) is 1. The molecule has 1 atom stereocenters. The minimum atomic E-state index is -2.51. The lowest BCUT2D eigenvalue weighted by atomic mass is 10.3. The van der Waals surface area contributed by atoms with E-state index in [4.69, 9.17) is 4.43 Å². The predicted molar refractivity (Wildman–Crippen MR) is 105 cm³/mol. The van der Waals surface area contributed by atoms with Crippen LogP contribution in [0.2, 0.25) is 0 Å². The highest BCUT2D eigenvalue weighted by atomic mass is 28.4. The van der Waals surface area contributed by atoms with Gasteiger partial charge in [0.1, 0.15) is 0 Å². The summed E-state index contributed by atoms with van der Waals surface area (Å²) >= 11 is 0. The highest BCUT2D eigenvalue weighted by molar-refractivity contribution is 7.07. The Morgan fingerprint density at radius 1 is 0.667 bits per heavy atom. The van der Waals surface area contributed by atoms with E-state index in [9.17, 15) is 0 Å². The Hall–Kier alpha value is -2.16. The van der Waals surface area contributed by atoms with E-state index in [1.807, 2.05) is 0 Å². The standard InChI is InChI=1S/C22H24OSi/c1-3-19(2)23-24(20-13-7-4-8-14-20,21-15-9-5-10-16-21)22-17-11-6-12-18-22/h4-19H,3H2,1-2H3. The fraction of sp³-hybridized carbons (Fsp3) is 0.182. The molecule has 122 valence electrons. The first-order chi connectivity index (χ1) is 11.8. The van der Waals surface area contributed by atoms with Crippen molar-refractivity contribution in [3.05, 3.63) is 91.0 Å². The van der Waals surface area contributed by atoms with Gasteiger partial charge in [0.2, 0.25) is 0 Å². The zero-order valence-corrected chi connectivity index (χ0v) is 15.4. The number of rotatable bonds is 6. The SMILES string of the molecule is CCC(C)O[Si](c1ccccc1)(c1ccccc1)c1ccccc1. The molecule has 3 aromatic rings. The highest BCUT2D eigenvalue weighted by Crippen LogP contribution is 2.13. The van der Waals surface area contributed by atoms with Crippen molar-refractivity contribution in [2.75, 3.05) is 0 Å². The van der Waals surface area contributed by atoms with E-state index in [0.717, 1.165) is 6.42 Å². The summed E-state index contributed by atoms with van der Waals surface area (Å²) in [6.45, 7) is 4.36. The summed E-state index contributed by atoms with van der Waals surface area (Å²) in [6, 6.07) is 32.2. The minimum absolute atomic E-state index is 0.206. The van der Waals surface area contributed by atoms with Crippen molar-refractivity contribution in [1.29, 1.82) is 0 Å². The summed E-state index contributed by atoms with van der Waals surface area (Å²) in [4.78, 5) is 0. The lowest BCUT2D eigenvalue weighted by molar-refractivity contribution is 0.219. The normalized spacial score (nSPS) is 12.8. The molecule has 0 fully saturated rings. The van der Waals surface area contributed by atoms with Crippen LogP contribution < -0.4 is 15.6 Å². The van der Waals surface area contributed by atoms with Gasteiger partial charge >= 0.3 is 0 Å². The Kier molecular flexibility index (Phi) is 5.29. The van der Waals surface area contributed by atoms with Crippen molar-refractivity contribution in [3.8, 4) is 0 Å². The first kappa shape index (κ1) is 16.7. The van der Waals surface area contributed by atoms with Crippen LogP contribution in [-0.4, -0.2) is 14.4 Å². The molecule has 0 heterocycles. The number of hydrogen-bond donors (Lipinski definition) is 0. The second-order valence-electron chi connectivity index (χ2n) is 6.12. The summed E-state index contributed by atoms with van der Waals surface area (Å²) in [5.74, 6) is 0. The van der Waals surface area contributed by atoms with Crippen LogP contribution in [0.25, 0.3) is 0 Å². The maximum atomic E-state index is 6.88. The largest absolute Gasteiger partial charge is 0.402 e. The molecule has 24 heavy (non-hydrogen) atoms. The van der Waals surface area contributed by atoms with Gasteiger partial charge in [0.05, 0.1) is 0 Å². The summed E-state index contributed by atoms with van der Waals surface area (Å²) in [5.41, 5.74) is 0. The average Bonchev–Trinajstić information content (AvgIpc) is 2.68. The van der Waals surface area contributed by atoms with E-state index in [2.05, 4.69) is 105 Å². The topological polar surface area (TPSA) is 9.23 Å². The molecule has 0 saturated carbocycles. The van der Waals surface area contributed by atoms with Crippen LogP contribution in [-0.2, 0) is 4.43 Å². The maximum Gasteiger partial charge on any atom is 0.288 e. The number of benzene rings is 3. The second kappa shape index (κ2) is 7.60. The molecular formula is C22H24OSi. The van der Waals surface area contributed by atoms with Gasteiger partial charge in [-0.3, -0.25) is 0 Å². The van der Waals surface area contributed by atoms with E-state index in [1.165, 1.54) is 15.6 Å². The van der Waals surface area contributed by atoms with Crippen LogP contribution in [0.4, 0.5) is 0 Å². The van der Waals surface area contributed by atoms with Gasteiger partial charge in [-0.25, -0.2) is 0 Å². The molecule has 0 bridgehead atoms. The van der Waals surface area contributed by atoms with Crippen LogP contribution in [0, 0.1) is 0 Å². The van der Waals surface area contributed by atoms with Gasteiger partial charge in [-0.05, 0) is 28.9 Å². The van der Waals surface area contributed by atoms with Gasteiger partial charge in [-0.1, -0.05) is 97.9 Å². The Balaban J connectivity index is 2.28. The van der Waals surface area contributed by atoms with Crippen molar-refractivity contribution in [2.45, 2.75) is 26.4 Å². The Morgan fingerprint density at radius 3 is 1.29 bits per heavy atom. The summed E-state index contributed by atoms with van der Waals surface area (Å²) in [6.07, 6.45) is 1.21. The monoisotopic (exact) mass is 332 g/mol. The average molecular weight is 333 g/mol. The molecule has 3 rings (SSSR count). The molecule has 0 radical (unpaired) electrons. The highest BCUT2D eigenvalue weighted by Gasteiger charge is 2.42. The van der Waals surface area contributed by atoms with E-state index >= 15 is 0 Å². The Morgan fingerprint density at radius 2 is 1.00 bits per heavy atom. The molecule has 0 aliphatic carbocycles. The zero-order chi connectivity index (χ0) is 16.8. The van der Waals surface area contributed by atoms with Gasteiger partial charge in [-0.2, -0.15) is 0 Å². The van der Waals surface area contributed by atoms with Crippen LogP contribution in [0.15, 0.2) is 91.0 Å². The molecule has 0 aromatic heterocycles. The Bertz CT molecular complexity index is 644. The molecular weight excluding hydrogens is 308 g/mol. The van der Waals surface area contributed by atoms with Crippen LogP contribution in [0.3, 0.4) is 0 Å². The summed E-state index contributed by atoms with van der Waals surface area (Å²) < 4.78 is 6.88. The third kappa shape index (κ3) is 3.21. The van der Waals surface area contributed by atoms with E-state index in [-0.39, 0.29) is 6.10 Å². The van der Waals surface area contributed by atoms with E-state index < -0.39 is 8.32 Å². The molecule has 0 amide bonds. The third-order valence-corrected chi connectivity index (χ3v) is 8.69. The van der Waals surface area contributed by atoms with Crippen molar-refractivity contribution >= 4 is 23.9 Å². The van der Waals surface area contributed by atoms with E-state index in [1.54, 1.807) is 0 Å². The summed E-state index contributed by atoms with van der Waals surface area (Å²) in [5, 5.41) is 3.88.